The molecule has 0 saturated carbocycles. The standard InChI is InChI=1S/C21H38N4O/c1-3-5-6-7-8-9-10-11-16-25(4-2)20-14-12-18(17-19(20)22)13-15-21(26)24-23/h12-15,17,19-20H,3-11,16,22-23H2,1-2H3,(H,24,26)/b15-13+. The molecule has 0 aromatic heterocycles. The summed E-state index contributed by atoms with van der Waals surface area (Å²) in [5, 5.41) is 0. The summed E-state index contributed by atoms with van der Waals surface area (Å²) in [5.41, 5.74) is 9.38. The van der Waals surface area contributed by atoms with Crippen molar-refractivity contribution in [1.82, 2.24) is 10.3 Å². The minimum absolute atomic E-state index is 0.0606. The topological polar surface area (TPSA) is 84.4 Å². The molecule has 0 bridgehead atoms. The zero-order valence-electron chi connectivity index (χ0n) is 16.6. The number of hydrogen-bond acceptors (Lipinski definition) is 4. The van der Waals surface area contributed by atoms with E-state index in [1.54, 1.807) is 6.08 Å². The molecule has 0 spiro atoms. The molecule has 148 valence electrons. The Morgan fingerprint density at radius 3 is 2.38 bits per heavy atom. The maximum absolute atomic E-state index is 11.2. The average molecular weight is 363 g/mol. The van der Waals surface area contributed by atoms with Gasteiger partial charge in [0.05, 0.1) is 0 Å². The first-order chi connectivity index (χ1) is 12.6. The zero-order chi connectivity index (χ0) is 19.2. The zero-order valence-corrected chi connectivity index (χ0v) is 16.6. The van der Waals surface area contributed by atoms with Gasteiger partial charge in [-0.3, -0.25) is 15.1 Å². The molecule has 0 fully saturated rings. The summed E-state index contributed by atoms with van der Waals surface area (Å²) in [4.78, 5) is 13.6. The second kappa shape index (κ2) is 13.7. The summed E-state index contributed by atoms with van der Waals surface area (Å²) in [5.74, 6) is 4.75. The van der Waals surface area contributed by atoms with Gasteiger partial charge in [0.15, 0.2) is 0 Å². The van der Waals surface area contributed by atoms with E-state index in [1.807, 2.05) is 12.2 Å². The lowest BCUT2D eigenvalue weighted by atomic mass is 9.96. The van der Waals surface area contributed by atoms with Gasteiger partial charge in [0.25, 0.3) is 5.91 Å². The Morgan fingerprint density at radius 1 is 1.15 bits per heavy atom. The van der Waals surface area contributed by atoms with E-state index in [4.69, 9.17) is 11.6 Å². The normalized spacial score (nSPS) is 20.0. The fraction of sp³-hybridized carbons (Fsp3) is 0.667. The molecular formula is C21H38N4O. The number of rotatable bonds is 13. The molecule has 1 aliphatic carbocycles. The Balaban J connectivity index is 2.35. The lowest BCUT2D eigenvalue weighted by Crippen LogP contribution is -2.47. The molecule has 0 aromatic rings. The highest BCUT2D eigenvalue weighted by Crippen LogP contribution is 2.17. The van der Waals surface area contributed by atoms with Gasteiger partial charge in [0.2, 0.25) is 0 Å². The Kier molecular flexibility index (Phi) is 11.9. The number of nitrogens with zero attached hydrogens (tertiary/aromatic N) is 1. The van der Waals surface area contributed by atoms with E-state index in [2.05, 4.69) is 30.2 Å². The van der Waals surface area contributed by atoms with Gasteiger partial charge < -0.3 is 5.73 Å². The largest absolute Gasteiger partial charge is 0.323 e. The molecule has 0 aromatic carbocycles. The fourth-order valence-electron chi connectivity index (χ4n) is 3.38. The van der Waals surface area contributed by atoms with Crippen LogP contribution in [-0.2, 0) is 4.79 Å². The van der Waals surface area contributed by atoms with Gasteiger partial charge in [-0.15, -0.1) is 0 Å². The van der Waals surface area contributed by atoms with Crippen LogP contribution in [0.15, 0.2) is 36.0 Å². The number of unbranched alkanes of at least 4 members (excludes halogenated alkanes) is 7. The van der Waals surface area contributed by atoms with Gasteiger partial charge in [0.1, 0.15) is 0 Å². The second-order valence-corrected chi connectivity index (χ2v) is 7.04. The van der Waals surface area contributed by atoms with Crippen LogP contribution in [0.5, 0.6) is 0 Å². The SMILES string of the molecule is CCCCCCCCCCN(CC)C1C=CC(/C=C/C(=O)NN)=CC1N. The van der Waals surface area contributed by atoms with Gasteiger partial charge in [0, 0.05) is 18.2 Å². The van der Waals surface area contributed by atoms with Crippen LogP contribution in [0.2, 0.25) is 0 Å². The Bertz CT molecular complexity index is 484. The van der Waals surface area contributed by atoms with Crippen LogP contribution >= 0.6 is 0 Å². The van der Waals surface area contributed by atoms with Crippen LogP contribution in [0.4, 0.5) is 0 Å². The smallest absolute Gasteiger partial charge is 0.257 e. The number of allylic oxidation sites excluding steroid dienone is 3. The number of likely N-dealkylation sites (N-methyl/N-ethyl adjacent to an activating group) is 1. The lowest BCUT2D eigenvalue weighted by Gasteiger charge is -2.33. The number of carbonyl (C=O) groups excluding carboxylic acids is 1. The number of nitrogens with one attached hydrogen (secondary N) is 1. The highest BCUT2D eigenvalue weighted by atomic mass is 16.2. The third-order valence-corrected chi connectivity index (χ3v) is 4.96. The molecule has 5 heteroatoms. The molecular weight excluding hydrogens is 324 g/mol. The Labute approximate surface area is 159 Å². The molecule has 1 aliphatic rings. The quantitative estimate of drug-likeness (QED) is 0.154. The van der Waals surface area contributed by atoms with Crippen LogP contribution in [0.3, 0.4) is 0 Å². The van der Waals surface area contributed by atoms with E-state index in [1.165, 1.54) is 57.4 Å². The van der Waals surface area contributed by atoms with Crippen molar-refractivity contribution in [3.8, 4) is 0 Å². The van der Waals surface area contributed by atoms with Gasteiger partial charge >= 0.3 is 0 Å². The van der Waals surface area contributed by atoms with Crippen molar-refractivity contribution in [2.75, 3.05) is 13.1 Å². The van der Waals surface area contributed by atoms with Gasteiger partial charge in [-0.05, 0) is 31.2 Å². The predicted octanol–water partition coefficient (Wildman–Crippen LogP) is 3.19. The van der Waals surface area contributed by atoms with Gasteiger partial charge in [-0.1, -0.05) is 77.0 Å². The van der Waals surface area contributed by atoms with Crippen LogP contribution in [0.1, 0.15) is 65.2 Å². The summed E-state index contributed by atoms with van der Waals surface area (Å²) < 4.78 is 0. The molecule has 5 nitrogen and oxygen atoms in total. The van der Waals surface area contributed by atoms with E-state index >= 15 is 0 Å². The number of hydrogen-bond donors (Lipinski definition) is 3. The van der Waals surface area contributed by atoms with Crippen molar-refractivity contribution in [2.24, 2.45) is 11.6 Å². The lowest BCUT2D eigenvalue weighted by molar-refractivity contribution is -0.116. The molecule has 0 saturated heterocycles. The van der Waals surface area contributed by atoms with E-state index in [0.29, 0.717) is 0 Å². The van der Waals surface area contributed by atoms with Crippen molar-refractivity contribution >= 4 is 5.91 Å². The van der Waals surface area contributed by atoms with Crippen molar-refractivity contribution in [2.45, 2.75) is 77.3 Å². The number of amides is 1. The summed E-state index contributed by atoms with van der Waals surface area (Å²) in [6.07, 6.45) is 20.0. The van der Waals surface area contributed by atoms with Crippen molar-refractivity contribution < 1.29 is 4.79 Å². The summed E-state index contributed by atoms with van der Waals surface area (Å²) in [6.45, 7) is 6.53. The predicted molar refractivity (Wildman–Crippen MR) is 110 cm³/mol. The number of hydrazine groups is 1. The third-order valence-electron chi connectivity index (χ3n) is 4.96. The van der Waals surface area contributed by atoms with Crippen molar-refractivity contribution in [3.05, 3.63) is 36.0 Å². The van der Waals surface area contributed by atoms with Crippen LogP contribution in [0, 0.1) is 0 Å². The minimum atomic E-state index is -0.320. The average Bonchev–Trinajstić information content (AvgIpc) is 2.65. The van der Waals surface area contributed by atoms with E-state index in [-0.39, 0.29) is 18.0 Å². The van der Waals surface area contributed by atoms with Gasteiger partial charge in [-0.25, -0.2) is 5.84 Å². The van der Waals surface area contributed by atoms with Crippen molar-refractivity contribution in [1.29, 1.82) is 0 Å². The second-order valence-electron chi connectivity index (χ2n) is 7.04. The third kappa shape index (κ3) is 8.79. The first-order valence-electron chi connectivity index (χ1n) is 10.2. The first-order valence-corrected chi connectivity index (χ1v) is 10.2. The maximum Gasteiger partial charge on any atom is 0.257 e. The maximum atomic E-state index is 11.2. The summed E-state index contributed by atoms with van der Waals surface area (Å²) >= 11 is 0. The van der Waals surface area contributed by atoms with E-state index < -0.39 is 0 Å². The molecule has 1 amide bonds. The fourth-order valence-corrected chi connectivity index (χ4v) is 3.38. The molecule has 2 unspecified atom stereocenters. The van der Waals surface area contributed by atoms with E-state index in [0.717, 1.165) is 18.7 Å². The molecule has 0 aliphatic heterocycles. The first kappa shape index (κ1) is 22.6. The van der Waals surface area contributed by atoms with Gasteiger partial charge in [-0.2, -0.15) is 0 Å². The highest BCUT2D eigenvalue weighted by molar-refractivity contribution is 5.87. The van der Waals surface area contributed by atoms with Crippen molar-refractivity contribution in [3.63, 3.8) is 0 Å². The summed E-state index contributed by atoms with van der Waals surface area (Å²) in [7, 11) is 0. The molecule has 0 radical (unpaired) electrons. The molecule has 2 atom stereocenters. The Morgan fingerprint density at radius 2 is 1.81 bits per heavy atom. The molecule has 0 heterocycles. The molecule has 26 heavy (non-hydrogen) atoms. The van der Waals surface area contributed by atoms with Crippen LogP contribution in [-0.4, -0.2) is 36.0 Å². The summed E-state index contributed by atoms with van der Waals surface area (Å²) in [6, 6.07) is 0.166. The number of nitrogens with two attached hydrogens (primary N) is 2. The van der Waals surface area contributed by atoms with E-state index in [9.17, 15) is 4.79 Å². The monoisotopic (exact) mass is 362 g/mol. The minimum Gasteiger partial charge on any atom is -0.323 e. The Hall–Kier alpha value is -1.43. The highest BCUT2D eigenvalue weighted by Gasteiger charge is 2.22. The molecule has 5 N–H and O–H groups in total. The number of carbonyl (C=O) groups is 1. The van der Waals surface area contributed by atoms with Crippen LogP contribution < -0.4 is 17.0 Å². The molecule has 1 rings (SSSR count). The van der Waals surface area contributed by atoms with Crippen LogP contribution in [0.25, 0.3) is 0 Å².